The van der Waals surface area contributed by atoms with E-state index in [0.29, 0.717) is 50.1 Å². The molecule has 0 unspecified atom stereocenters. The minimum atomic E-state index is -1.29. The van der Waals surface area contributed by atoms with E-state index >= 15 is 0 Å². The van der Waals surface area contributed by atoms with Crippen LogP contribution in [0.2, 0.25) is 0 Å². The van der Waals surface area contributed by atoms with Gasteiger partial charge in [0.2, 0.25) is 0 Å². The Labute approximate surface area is 405 Å². The summed E-state index contributed by atoms with van der Waals surface area (Å²) >= 11 is 0. The Bertz CT molecular complexity index is 3100. The SMILES string of the molecule is COc1c(C)c(OC(=O)Oc2c(C)c(O)c(C(=O)Oc3c(C)c(C)c(C(=O)Oc4c(C)c(C)c(C(=O)O)c(OC)c4C)c(OC)c3C)c(C)c2-c2c(C)c(C)c(O)c(C)c2OC)c(C)c(C)c1C(=O)O. The van der Waals surface area contributed by atoms with Crippen molar-refractivity contribution < 1.29 is 82.3 Å². The number of carbonyl (C=O) groups is 5. The maximum atomic E-state index is 14.7. The summed E-state index contributed by atoms with van der Waals surface area (Å²) in [4.78, 5) is 67.2. The number of phenols is 2. The third-order valence-electron chi connectivity index (χ3n) is 13.3. The summed E-state index contributed by atoms with van der Waals surface area (Å²) in [6.45, 7) is 22.1. The highest BCUT2D eigenvalue weighted by atomic mass is 16.7. The molecule has 372 valence electrons. The fraction of sp³-hybridized carbons (Fsp3) is 0.340. The number of carboxylic acids is 2. The van der Waals surface area contributed by atoms with E-state index in [1.807, 2.05) is 0 Å². The number of methoxy groups -OCH3 is 4. The zero-order chi connectivity index (χ0) is 52.9. The highest BCUT2D eigenvalue weighted by Gasteiger charge is 2.35. The number of hydrogen-bond donors (Lipinski definition) is 4. The minimum Gasteiger partial charge on any atom is -0.507 e. The normalized spacial score (nSPS) is 10.9. The van der Waals surface area contributed by atoms with Crippen LogP contribution in [0, 0.1) is 96.9 Å². The Kier molecular flexibility index (Phi) is 15.1. The molecule has 0 aliphatic rings. The van der Waals surface area contributed by atoms with Crippen molar-refractivity contribution >= 4 is 30.0 Å². The van der Waals surface area contributed by atoms with Crippen LogP contribution in [0.5, 0.6) is 57.5 Å². The van der Waals surface area contributed by atoms with Gasteiger partial charge in [0.05, 0.1) is 28.4 Å². The average Bonchev–Trinajstić information content (AvgIpc) is 3.30. The van der Waals surface area contributed by atoms with Gasteiger partial charge in [0.1, 0.15) is 79.7 Å². The molecule has 0 atom stereocenters. The van der Waals surface area contributed by atoms with Crippen LogP contribution in [0.25, 0.3) is 11.1 Å². The minimum absolute atomic E-state index is 0.00182. The van der Waals surface area contributed by atoms with Crippen LogP contribution in [-0.4, -0.2) is 78.9 Å². The van der Waals surface area contributed by atoms with Crippen molar-refractivity contribution in [2.75, 3.05) is 28.4 Å². The molecule has 5 rings (SSSR count). The largest absolute Gasteiger partial charge is 0.519 e. The Balaban J connectivity index is 1.70. The number of esters is 2. The van der Waals surface area contributed by atoms with Crippen LogP contribution in [0.4, 0.5) is 4.79 Å². The predicted molar refractivity (Wildman–Crippen MR) is 258 cm³/mol. The standard InChI is InChI=1S/C53H58O17/c1-19-23(5)39(54)28(10)44(63-15)33(19)34-27(9)35(40(55)29(11)48(34)70-53(62)69-43-25(7)21(3)37(50(58)59)46(65-17)32(43)14)51(60)67-42-26(8)22(4)38(47(66-18)31(42)13)52(61)68-41-24(6)20(2)36(49(56)57)45(64-16)30(41)12/h54-55H,1-18H3,(H,56,57)(H,58,59). The number of carbonyl (C=O) groups excluding carboxylic acids is 3. The molecule has 4 N–H and O–H groups in total. The molecule has 0 aromatic heterocycles. The molecule has 70 heavy (non-hydrogen) atoms. The fourth-order valence-electron chi connectivity index (χ4n) is 9.06. The first-order chi connectivity index (χ1) is 32.7. The zero-order valence-electron chi connectivity index (χ0n) is 42.6. The summed E-state index contributed by atoms with van der Waals surface area (Å²) in [5.41, 5.74) is 3.71. The van der Waals surface area contributed by atoms with Crippen molar-refractivity contribution in [1.82, 2.24) is 0 Å². The van der Waals surface area contributed by atoms with E-state index in [1.54, 1.807) is 76.2 Å². The van der Waals surface area contributed by atoms with Gasteiger partial charge in [-0.15, -0.1) is 0 Å². The van der Waals surface area contributed by atoms with Gasteiger partial charge >= 0.3 is 30.0 Å². The van der Waals surface area contributed by atoms with Gasteiger partial charge in [-0.2, -0.15) is 0 Å². The second-order valence-corrected chi connectivity index (χ2v) is 17.0. The number of carboxylic acid groups (broad SMARTS) is 2. The summed E-state index contributed by atoms with van der Waals surface area (Å²) < 4.78 is 46.4. The number of benzene rings is 5. The van der Waals surface area contributed by atoms with Gasteiger partial charge in [0.15, 0.2) is 0 Å². The average molecular weight is 967 g/mol. The number of aromatic carboxylic acids is 2. The number of rotatable bonds is 13. The molecule has 0 aliphatic heterocycles. The molecule has 5 aromatic rings. The lowest BCUT2D eigenvalue weighted by atomic mass is 9.86. The van der Waals surface area contributed by atoms with Gasteiger partial charge in [-0.05, 0) is 147 Å². The third-order valence-corrected chi connectivity index (χ3v) is 13.3. The summed E-state index contributed by atoms with van der Waals surface area (Å²) in [7, 11) is 5.31. The monoisotopic (exact) mass is 966 g/mol. The van der Waals surface area contributed by atoms with Crippen molar-refractivity contribution in [2.24, 2.45) is 0 Å². The van der Waals surface area contributed by atoms with Crippen molar-refractivity contribution in [3.8, 4) is 68.6 Å². The van der Waals surface area contributed by atoms with Gasteiger partial charge in [-0.3, -0.25) is 0 Å². The fourth-order valence-corrected chi connectivity index (χ4v) is 9.06. The Morgan fingerprint density at radius 2 is 0.629 bits per heavy atom. The van der Waals surface area contributed by atoms with E-state index < -0.39 is 35.8 Å². The molecule has 0 radical (unpaired) electrons. The predicted octanol–water partition coefficient (Wildman–Crippen LogP) is 10.5. The number of hydrogen-bond acceptors (Lipinski definition) is 15. The molecule has 5 aromatic carbocycles. The molecule has 0 aliphatic carbocycles. The first kappa shape index (κ1) is 53.0. The Morgan fingerprint density at radius 3 is 1.03 bits per heavy atom. The van der Waals surface area contributed by atoms with E-state index in [0.717, 1.165) is 0 Å². The van der Waals surface area contributed by atoms with E-state index in [-0.39, 0.29) is 113 Å². The number of aromatic hydroxyl groups is 2. The van der Waals surface area contributed by atoms with E-state index in [2.05, 4.69) is 0 Å². The summed E-state index contributed by atoms with van der Waals surface area (Å²) in [5.74, 6) is -5.07. The van der Waals surface area contributed by atoms with Crippen molar-refractivity contribution in [3.63, 3.8) is 0 Å². The van der Waals surface area contributed by atoms with E-state index in [4.69, 9.17) is 37.9 Å². The van der Waals surface area contributed by atoms with Gasteiger partial charge < -0.3 is 58.3 Å². The molecule has 17 heteroatoms. The molecule has 0 saturated carbocycles. The van der Waals surface area contributed by atoms with Gasteiger partial charge in [0, 0.05) is 38.9 Å². The second-order valence-electron chi connectivity index (χ2n) is 17.0. The summed E-state index contributed by atoms with van der Waals surface area (Å²) in [6.07, 6.45) is -1.29. The summed E-state index contributed by atoms with van der Waals surface area (Å²) in [6, 6.07) is 0. The molecule has 0 saturated heterocycles. The molecule has 0 amide bonds. The Morgan fingerprint density at radius 1 is 0.300 bits per heavy atom. The maximum absolute atomic E-state index is 14.7. The van der Waals surface area contributed by atoms with Gasteiger partial charge in [-0.1, -0.05) is 0 Å². The third kappa shape index (κ3) is 8.60. The van der Waals surface area contributed by atoms with Crippen LogP contribution >= 0.6 is 0 Å². The van der Waals surface area contributed by atoms with Crippen LogP contribution in [0.1, 0.15) is 119 Å². The Hall–Kier alpha value is -7.95. The lowest BCUT2D eigenvalue weighted by Crippen LogP contribution is -2.20. The highest BCUT2D eigenvalue weighted by Crippen LogP contribution is 2.52. The molecule has 0 heterocycles. The molecule has 17 nitrogen and oxygen atoms in total. The second kappa shape index (κ2) is 19.9. The zero-order valence-corrected chi connectivity index (χ0v) is 42.6. The van der Waals surface area contributed by atoms with Crippen LogP contribution in [0.15, 0.2) is 0 Å². The molecular weight excluding hydrogens is 909 g/mol. The smallest absolute Gasteiger partial charge is 0.507 e. The van der Waals surface area contributed by atoms with Crippen LogP contribution in [0.3, 0.4) is 0 Å². The van der Waals surface area contributed by atoms with Gasteiger partial charge in [-0.25, -0.2) is 24.0 Å². The summed E-state index contributed by atoms with van der Waals surface area (Å²) in [5, 5.41) is 43.0. The molecule has 0 fully saturated rings. The maximum Gasteiger partial charge on any atom is 0.519 e. The van der Waals surface area contributed by atoms with Crippen molar-refractivity contribution in [2.45, 2.75) is 96.9 Å². The first-order valence-electron chi connectivity index (χ1n) is 21.7. The highest BCUT2D eigenvalue weighted by molar-refractivity contribution is 6.03. The van der Waals surface area contributed by atoms with Crippen LogP contribution < -0.4 is 37.9 Å². The van der Waals surface area contributed by atoms with Crippen LogP contribution in [-0.2, 0) is 0 Å². The quantitative estimate of drug-likeness (QED) is 0.0487. The lowest BCUT2D eigenvalue weighted by molar-refractivity contribution is 0.0680. The number of ether oxygens (including phenoxy) is 8. The molecule has 0 spiro atoms. The van der Waals surface area contributed by atoms with E-state index in [9.17, 15) is 44.4 Å². The molecular formula is C53H58O17. The first-order valence-corrected chi connectivity index (χ1v) is 21.7. The van der Waals surface area contributed by atoms with Gasteiger partial charge in [0.25, 0.3) is 0 Å². The van der Waals surface area contributed by atoms with E-state index in [1.165, 1.54) is 49.2 Å². The van der Waals surface area contributed by atoms with Crippen molar-refractivity contribution in [1.29, 1.82) is 0 Å². The molecule has 0 bridgehead atoms. The van der Waals surface area contributed by atoms with Crippen molar-refractivity contribution in [3.05, 3.63) is 100 Å². The lowest BCUT2D eigenvalue weighted by Gasteiger charge is -2.25. The number of phenolic OH excluding ortho intramolecular Hbond substituents is 2. The topological polar surface area (TPSA) is 240 Å².